The third kappa shape index (κ3) is 4.52. The molecule has 0 saturated carbocycles. The Bertz CT molecular complexity index is 1340. The van der Waals surface area contributed by atoms with Crippen LogP contribution in [0.5, 0.6) is 0 Å². The van der Waals surface area contributed by atoms with Gasteiger partial charge in [-0.2, -0.15) is 17.5 Å². The van der Waals surface area contributed by atoms with Gasteiger partial charge in [0, 0.05) is 36.4 Å². The van der Waals surface area contributed by atoms with Gasteiger partial charge in [0.2, 0.25) is 15.9 Å². The van der Waals surface area contributed by atoms with E-state index in [1.165, 1.54) is 6.92 Å². The lowest BCUT2D eigenvalue weighted by Gasteiger charge is -2.48. The van der Waals surface area contributed by atoms with Gasteiger partial charge in [0.25, 0.3) is 0 Å². The first kappa shape index (κ1) is 23.8. The number of aromatic amines is 1. The van der Waals surface area contributed by atoms with Crippen LogP contribution >= 0.6 is 0 Å². The zero-order chi connectivity index (χ0) is 24.7. The molecule has 3 N–H and O–H groups in total. The van der Waals surface area contributed by atoms with Crippen molar-refractivity contribution in [3.63, 3.8) is 0 Å². The second-order valence-corrected chi connectivity index (χ2v) is 9.92. The van der Waals surface area contributed by atoms with Gasteiger partial charge in [-0.3, -0.25) is 4.79 Å². The number of hydrogen-bond acceptors (Lipinski definition) is 7. The molecule has 1 fully saturated rings. The van der Waals surface area contributed by atoms with E-state index in [1.54, 1.807) is 29.8 Å². The summed E-state index contributed by atoms with van der Waals surface area (Å²) in [6.45, 7) is -1.24. The van der Waals surface area contributed by atoms with E-state index in [2.05, 4.69) is 25.3 Å². The molecular weight excluding hydrogens is 482 g/mol. The number of nitrogens with zero attached hydrogens (tertiary/aromatic N) is 4. The molecule has 10 nitrogen and oxygen atoms in total. The quantitative estimate of drug-likeness (QED) is 0.420. The van der Waals surface area contributed by atoms with Crippen molar-refractivity contribution in [2.75, 3.05) is 30.7 Å². The average Bonchev–Trinajstić information content (AvgIpc) is 3.19. The zero-order valence-electron chi connectivity index (χ0n) is 17.6. The highest BCUT2D eigenvalue weighted by Crippen LogP contribution is 2.31. The number of carbonyl (C=O) groups is 1. The van der Waals surface area contributed by atoms with E-state index in [0.29, 0.717) is 16.6 Å². The molecule has 1 amide bonds. The van der Waals surface area contributed by atoms with Crippen LogP contribution < -0.4 is 10.6 Å². The molecule has 4 heterocycles. The summed E-state index contributed by atoms with van der Waals surface area (Å²) < 4.78 is 77.7. The molecule has 4 rings (SSSR count). The second kappa shape index (κ2) is 8.47. The highest BCUT2D eigenvalue weighted by molar-refractivity contribution is 7.89. The Labute approximate surface area is 190 Å². The van der Waals surface area contributed by atoms with Crippen LogP contribution in [0.15, 0.2) is 30.7 Å². The van der Waals surface area contributed by atoms with Crippen LogP contribution in [0.2, 0.25) is 0 Å². The normalized spacial score (nSPS) is 16.3. The number of nitrogens with one attached hydrogen (secondary N) is 3. The first-order valence-corrected chi connectivity index (χ1v) is 11.6. The minimum atomic E-state index is -4.69. The van der Waals surface area contributed by atoms with Crippen LogP contribution in [0, 0.1) is 5.82 Å². The van der Waals surface area contributed by atoms with E-state index in [0.717, 1.165) is 10.5 Å². The number of amides is 1. The molecule has 0 bridgehead atoms. The number of sulfonamides is 1. The summed E-state index contributed by atoms with van der Waals surface area (Å²) in [7, 11) is -3.73. The Morgan fingerprint density at radius 2 is 2.03 bits per heavy atom. The van der Waals surface area contributed by atoms with Crippen molar-refractivity contribution in [3.8, 4) is 11.4 Å². The Hall–Kier alpha value is -3.33. The molecule has 0 aromatic carbocycles. The standard InChI is InChI=1S/C19H19F4N7O3S/c1-2-34(32,33)30-9-18(10-30,17(31)27-8-19(21,22)23)29-16-13(20)7-26-15(28-16)12-6-25-14-11(12)4-3-5-24-14/h3-7H,2,8-10H2,1H3,(H,24,25)(H,27,31)(H,26,28,29). The number of halogens is 4. The molecule has 0 aliphatic carbocycles. The van der Waals surface area contributed by atoms with Crippen molar-refractivity contribution >= 4 is 32.8 Å². The zero-order valence-corrected chi connectivity index (χ0v) is 18.5. The van der Waals surface area contributed by atoms with Crippen molar-refractivity contribution in [3.05, 3.63) is 36.5 Å². The number of fused-ring (bicyclic) bond motifs is 1. The number of pyridine rings is 1. The number of H-pyrrole nitrogens is 1. The molecule has 3 aromatic rings. The van der Waals surface area contributed by atoms with Crippen molar-refractivity contribution in [2.24, 2.45) is 0 Å². The minimum Gasteiger partial charge on any atom is -0.351 e. The number of aromatic nitrogens is 4. The third-order valence-electron chi connectivity index (χ3n) is 5.33. The molecule has 182 valence electrons. The summed E-state index contributed by atoms with van der Waals surface area (Å²) in [5, 5.41) is 4.91. The van der Waals surface area contributed by atoms with E-state index in [9.17, 15) is 30.8 Å². The summed E-state index contributed by atoms with van der Waals surface area (Å²) in [4.78, 5) is 27.8. The van der Waals surface area contributed by atoms with Gasteiger partial charge in [0.05, 0.1) is 11.9 Å². The van der Waals surface area contributed by atoms with Crippen molar-refractivity contribution in [2.45, 2.75) is 18.6 Å². The molecule has 0 unspecified atom stereocenters. The Morgan fingerprint density at radius 3 is 2.71 bits per heavy atom. The minimum absolute atomic E-state index is 0.0614. The highest BCUT2D eigenvalue weighted by atomic mass is 32.2. The molecule has 1 aliphatic rings. The molecule has 1 aliphatic heterocycles. The molecule has 1 saturated heterocycles. The van der Waals surface area contributed by atoms with Crippen molar-refractivity contribution in [1.29, 1.82) is 0 Å². The fourth-order valence-electron chi connectivity index (χ4n) is 3.52. The summed E-state index contributed by atoms with van der Waals surface area (Å²) in [6.07, 6.45) is -0.719. The number of alkyl halides is 3. The fraction of sp³-hybridized carbons (Fsp3) is 0.368. The Kier molecular flexibility index (Phi) is 5.93. The molecule has 0 spiro atoms. The van der Waals surface area contributed by atoms with Gasteiger partial charge in [-0.05, 0) is 19.1 Å². The van der Waals surface area contributed by atoms with Crippen LogP contribution in [-0.2, 0) is 14.8 Å². The smallest absolute Gasteiger partial charge is 0.351 e. The fourth-order valence-corrected chi connectivity index (χ4v) is 4.72. The molecule has 0 atom stereocenters. The number of hydrogen-bond donors (Lipinski definition) is 3. The van der Waals surface area contributed by atoms with Gasteiger partial charge in [-0.25, -0.2) is 27.8 Å². The van der Waals surface area contributed by atoms with Crippen molar-refractivity contribution < 1.29 is 30.8 Å². The van der Waals surface area contributed by atoms with E-state index in [4.69, 9.17) is 0 Å². The monoisotopic (exact) mass is 501 g/mol. The van der Waals surface area contributed by atoms with Gasteiger partial charge < -0.3 is 15.6 Å². The topological polar surface area (TPSA) is 133 Å². The number of rotatable bonds is 7. The molecule has 3 aromatic heterocycles. The Balaban J connectivity index is 1.66. The summed E-state index contributed by atoms with van der Waals surface area (Å²) in [6, 6.07) is 3.42. The van der Waals surface area contributed by atoms with Crippen LogP contribution in [-0.4, -0.2) is 75.7 Å². The van der Waals surface area contributed by atoms with Gasteiger partial charge in [-0.1, -0.05) is 0 Å². The SMILES string of the molecule is CCS(=O)(=O)N1CC(Nc2nc(-c3c[nH]c4ncccc34)ncc2F)(C(=O)NCC(F)(F)F)C1. The van der Waals surface area contributed by atoms with E-state index >= 15 is 0 Å². The van der Waals surface area contributed by atoms with Gasteiger partial charge in [0.1, 0.15) is 17.7 Å². The summed E-state index contributed by atoms with van der Waals surface area (Å²) in [5.74, 6) is -2.77. The lowest BCUT2D eigenvalue weighted by molar-refractivity contribution is -0.143. The average molecular weight is 501 g/mol. The van der Waals surface area contributed by atoms with Gasteiger partial charge in [0.15, 0.2) is 17.5 Å². The molecule has 0 radical (unpaired) electrons. The lowest BCUT2D eigenvalue weighted by atomic mass is 9.91. The molecular formula is C19H19F4N7O3S. The van der Waals surface area contributed by atoms with Crippen LogP contribution in [0.1, 0.15) is 6.92 Å². The molecule has 15 heteroatoms. The summed E-state index contributed by atoms with van der Waals surface area (Å²) in [5.41, 5.74) is -0.852. The first-order chi connectivity index (χ1) is 15.9. The predicted molar refractivity (Wildman–Crippen MR) is 114 cm³/mol. The maximum absolute atomic E-state index is 14.6. The maximum atomic E-state index is 14.6. The first-order valence-electron chi connectivity index (χ1n) is 10.0. The van der Waals surface area contributed by atoms with E-state index in [1.807, 2.05) is 0 Å². The molecule has 34 heavy (non-hydrogen) atoms. The van der Waals surface area contributed by atoms with Gasteiger partial charge in [-0.15, -0.1) is 0 Å². The predicted octanol–water partition coefficient (Wildman–Crippen LogP) is 1.65. The highest BCUT2D eigenvalue weighted by Gasteiger charge is 2.54. The van der Waals surface area contributed by atoms with Crippen molar-refractivity contribution in [1.82, 2.24) is 29.6 Å². The van der Waals surface area contributed by atoms with Crippen LogP contribution in [0.3, 0.4) is 0 Å². The lowest BCUT2D eigenvalue weighted by Crippen LogP contribution is -2.74. The third-order valence-corrected chi connectivity index (χ3v) is 7.10. The van der Waals surface area contributed by atoms with E-state index in [-0.39, 0.29) is 11.6 Å². The number of carbonyl (C=O) groups excluding carboxylic acids is 1. The Morgan fingerprint density at radius 1 is 1.29 bits per heavy atom. The van der Waals surface area contributed by atoms with E-state index < -0.39 is 58.9 Å². The number of anilines is 1. The van der Waals surface area contributed by atoms with Crippen LogP contribution in [0.4, 0.5) is 23.4 Å². The maximum Gasteiger partial charge on any atom is 0.405 e. The van der Waals surface area contributed by atoms with Crippen LogP contribution in [0.25, 0.3) is 22.4 Å². The summed E-state index contributed by atoms with van der Waals surface area (Å²) >= 11 is 0. The van der Waals surface area contributed by atoms with Gasteiger partial charge >= 0.3 is 6.18 Å². The largest absolute Gasteiger partial charge is 0.405 e. The second-order valence-electron chi connectivity index (χ2n) is 7.67.